The number of carbonyl (C=O) groups is 1. The molecule has 182 valence electrons. The first kappa shape index (κ1) is 25.2. The Morgan fingerprint density at radius 1 is 1.15 bits per heavy atom. The topological polar surface area (TPSA) is 96.4 Å². The van der Waals surface area contributed by atoms with E-state index in [0.29, 0.717) is 5.69 Å². The normalized spacial score (nSPS) is 13.6. The van der Waals surface area contributed by atoms with Gasteiger partial charge < -0.3 is 16.2 Å². The molecule has 0 fully saturated rings. The molecule has 11 heteroatoms. The summed E-state index contributed by atoms with van der Waals surface area (Å²) < 4.78 is 55.8. The van der Waals surface area contributed by atoms with E-state index < -0.39 is 36.6 Å². The number of nitrogens with one attached hydrogen (secondary N) is 1. The molecule has 2 aromatic carbocycles. The van der Waals surface area contributed by atoms with Crippen molar-refractivity contribution >= 4 is 11.7 Å². The largest absolute Gasteiger partial charge is 0.420 e. The van der Waals surface area contributed by atoms with Crippen LogP contribution in [0.25, 0.3) is 5.69 Å². The zero-order chi connectivity index (χ0) is 24.9. The van der Waals surface area contributed by atoms with Gasteiger partial charge in [0.05, 0.1) is 18.4 Å². The van der Waals surface area contributed by atoms with E-state index in [0.717, 1.165) is 16.4 Å². The lowest BCUT2D eigenvalue weighted by molar-refractivity contribution is -0.262. The van der Waals surface area contributed by atoms with Crippen molar-refractivity contribution in [1.82, 2.24) is 20.0 Å². The average Bonchev–Trinajstić information content (AvgIpc) is 3.19. The summed E-state index contributed by atoms with van der Waals surface area (Å²) >= 11 is 0. The van der Waals surface area contributed by atoms with Crippen LogP contribution in [-0.4, -0.2) is 57.1 Å². The van der Waals surface area contributed by atoms with Crippen molar-refractivity contribution in [2.75, 3.05) is 25.4 Å². The number of alkyl halides is 3. The molecule has 4 N–H and O–H groups in total. The molecule has 0 aliphatic carbocycles. The zero-order valence-electron chi connectivity index (χ0n) is 18.4. The van der Waals surface area contributed by atoms with E-state index in [1.165, 1.54) is 29.2 Å². The summed E-state index contributed by atoms with van der Waals surface area (Å²) in [4.78, 5) is 14.0. The van der Waals surface area contributed by atoms with Crippen LogP contribution in [0.2, 0.25) is 0 Å². The molecule has 1 heterocycles. The van der Waals surface area contributed by atoms with Gasteiger partial charge in [-0.1, -0.05) is 37.3 Å². The maximum absolute atomic E-state index is 13.8. The quantitative estimate of drug-likeness (QED) is 0.410. The summed E-state index contributed by atoms with van der Waals surface area (Å²) in [5.41, 5.74) is 3.72. The molecule has 0 spiro atoms. The van der Waals surface area contributed by atoms with Crippen LogP contribution < -0.4 is 11.1 Å². The van der Waals surface area contributed by atoms with E-state index >= 15 is 0 Å². The second-order valence-electron chi connectivity index (χ2n) is 7.83. The second kappa shape index (κ2) is 10.2. The van der Waals surface area contributed by atoms with Crippen LogP contribution in [0.1, 0.15) is 22.8 Å². The van der Waals surface area contributed by atoms with Crippen LogP contribution in [0.5, 0.6) is 0 Å². The Balaban J connectivity index is 1.73. The van der Waals surface area contributed by atoms with Gasteiger partial charge in [-0.15, -0.1) is 0 Å². The van der Waals surface area contributed by atoms with Gasteiger partial charge >= 0.3 is 6.18 Å². The SMILES string of the molecule is CCN(Cc1ccccc1)CC(O)(CNC(=O)c1cnn(-c2ccc(F)cc2)c1N)C(F)(F)F. The highest BCUT2D eigenvalue weighted by atomic mass is 19.4. The minimum absolute atomic E-state index is 0.140. The number of hydrogen-bond acceptors (Lipinski definition) is 5. The number of halogens is 4. The molecule has 7 nitrogen and oxygen atoms in total. The first-order valence-corrected chi connectivity index (χ1v) is 10.5. The van der Waals surface area contributed by atoms with Crippen molar-refractivity contribution in [2.24, 2.45) is 0 Å². The average molecular weight is 479 g/mol. The maximum Gasteiger partial charge on any atom is 0.420 e. The third-order valence-corrected chi connectivity index (χ3v) is 5.37. The number of rotatable bonds is 9. The van der Waals surface area contributed by atoms with Crippen molar-refractivity contribution in [2.45, 2.75) is 25.2 Å². The molecule has 3 rings (SSSR count). The first-order valence-electron chi connectivity index (χ1n) is 10.5. The van der Waals surface area contributed by atoms with Crippen LogP contribution in [0, 0.1) is 5.82 Å². The van der Waals surface area contributed by atoms with Crippen molar-refractivity contribution in [3.63, 3.8) is 0 Å². The lowest BCUT2D eigenvalue weighted by atomic mass is 10.0. The molecule has 0 aliphatic heterocycles. The molecule has 0 aliphatic rings. The molecule has 1 atom stereocenters. The Kier molecular flexibility index (Phi) is 7.57. The van der Waals surface area contributed by atoms with Crippen molar-refractivity contribution in [1.29, 1.82) is 0 Å². The lowest BCUT2D eigenvalue weighted by Gasteiger charge is -2.35. The number of carbonyl (C=O) groups excluding carboxylic acids is 1. The smallest absolute Gasteiger partial charge is 0.383 e. The predicted molar refractivity (Wildman–Crippen MR) is 119 cm³/mol. The minimum Gasteiger partial charge on any atom is -0.383 e. The van der Waals surface area contributed by atoms with Gasteiger partial charge in [-0.3, -0.25) is 9.69 Å². The number of anilines is 1. The summed E-state index contributed by atoms with van der Waals surface area (Å²) in [5, 5.41) is 16.6. The highest BCUT2D eigenvalue weighted by molar-refractivity contribution is 5.98. The molecule has 0 saturated carbocycles. The third-order valence-electron chi connectivity index (χ3n) is 5.37. The molecule has 34 heavy (non-hydrogen) atoms. The fraction of sp³-hybridized carbons (Fsp3) is 0.304. The fourth-order valence-electron chi connectivity index (χ4n) is 3.38. The predicted octanol–water partition coefficient (Wildman–Crippen LogP) is 3.14. The number of aromatic nitrogens is 2. The summed E-state index contributed by atoms with van der Waals surface area (Å²) in [7, 11) is 0. The fourth-order valence-corrected chi connectivity index (χ4v) is 3.38. The number of nitrogen functional groups attached to an aromatic ring is 1. The summed E-state index contributed by atoms with van der Waals surface area (Å²) in [5.74, 6) is -1.55. The van der Waals surface area contributed by atoms with E-state index in [2.05, 4.69) is 10.4 Å². The van der Waals surface area contributed by atoms with Gasteiger partial charge in [-0.05, 0) is 36.4 Å². The van der Waals surface area contributed by atoms with Gasteiger partial charge in [0.25, 0.3) is 5.91 Å². The number of hydrogen-bond donors (Lipinski definition) is 3. The van der Waals surface area contributed by atoms with E-state index in [4.69, 9.17) is 5.73 Å². The van der Waals surface area contributed by atoms with Crippen molar-refractivity contribution in [3.05, 3.63) is 77.7 Å². The Bertz CT molecular complexity index is 1100. The number of aliphatic hydroxyl groups is 1. The molecule has 1 amide bonds. The molecular weight excluding hydrogens is 454 g/mol. The highest BCUT2D eigenvalue weighted by Crippen LogP contribution is 2.31. The van der Waals surface area contributed by atoms with Gasteiger partial charge in [0.1, 0.15) is 17.2 Å². The molecular formula is C23H25F4N5O2. The summed E-state index contributed by atoms with van der Waals surface area (Å²) in [6.07, 6.45) is -3.91. The maximum atomic E-state index is 13.8. The Labute approximate surface area is 193 Å². The third kappa shape index (κ3) is 5.72. The van der Waals surface area contributed by atoms with Crippen LogP contribution in [0.15, 0.2) is 60.8 Å². The van der Waals surface area contributed by atoms with Crippen LogP contribution in [0.4, 0.5) is 23.4 Å². The van der Waals surface area contributed by atoms with E-state index in [1.807, 2.05) is 0 Å². The van der Waals surface area contributed by atoms with Gasteiger partial charge in [0.2, 0.25) is 0 Å². The van der Waals surface area contributed by atoms with E-state index in [1.54, 1.807) is 37.3 Å². The molecule has 0 bridgehead atoms. The minimum atomic E-state index is -5.01. The van der Waals surface area contributed by atoms with Crippen LogP contribution in [-0.2, 0) is 6.54 Å². The number of benzene rings is 2. The molecule has 1 aromatic heterocycles. The van der Waals surface area contributed by atoms with Crippen molar-refractivity contribution in [3.8, 4) is 5.69 Å². The number of nitrogens with two attached hydrogens (primary N) is 1. The Hall–Kier alpha value is -3.44. The second-order valence-corrected chi connectivity index (χ2v) is 7.83. The number of nitrogens with zero attached hydrogens (tertiary/aromatic N) is 3. The Morgan fingerprint density at radius 3 is 2.38 bits per heavy atom. The van der Waals surface area contributed by atoms with E-state index in [-0.39, 0.29) is 24.5 Å². The van der Waals surface area contributed by atoms with Crippen LogP contribution >= 0.6 is 0 Å². The number of amides is 1. The van der Waals surface area contributed by atoms with Gasteiger partial charge in [0, 0.05) is 13.1 Å². The lowest BCUT2D eigenvalue weighted by Crippen LogP contribution is -2.59. The van der Waals surface area contributed by atoms with Gasteiger partial charge in [-0.25, -0.2) is 9.07 Å². The molecule has 1 unspecified atom stereocenters. The van der Waals surface area contributed by atoms with E-state index in [9.17, 15) is 27.5 Å². The van der Waals surface area contributed by atoms with Gasteiger partial charge in [0.15, 0.2) is 5.60 Å². The monoisotopic (exact) mass is 479 g/mol. The summed E-state index contributed by atoms with van der Waals surface area (Å²) in [6.45, 7) is 0.302. The molecule has 0 radical (unpaired) electrons. The first-order chi connectivity index (χ1) is 16.0. The Morgan fingerprint density at radius 2 is 1.79 bits per heavy atom. The highest BCUT2D eigenvalue weighted by Gasteiger charge is 2.54. The van der Waals surface area contributed by atoms with Gasteiger partial charge in [-0.2, -0.15) is 18.3 Å². The van der Waals surface area contributed by atoms with Crippen molar-refractivity contribution < 1.29 is 27.5 Å². The molecule has 3 aromatic rings. The molecule has 0 saturated heterocycles. The zero-order valence-corrected chi connectivity index (χ0v) is 18.4. The summed E-state index contributed by atoms with van der Waals surface area (Å²) in [6, 6.07) is 14.0. The standard InChI is InChI=1S/C23H25F4N5O2/c1-2-31(13-16-6-4-3-5-7-16)15-22(34,23(25,26)27)14-29-21(33)19-12-30-32(20(19)28)18-10-8-17(24)9-11-18/h3-12,34H,2,13-15,28H2,1H3,(H,29,33). The number of likely N-dealkylation sites (N-methyl/N-ethyl adjacent to an activating group) is 1. The van der Waals surface area contributed by atoms with Crippen LogP contribution in [0.3, 0.4) is 0 Å².